The Morgan fingerprint density at radius 2 is 0.432 bits per heavy atom. The number of pyridine rings is 3. The summed E-state index contributed by atoms with van der Waals surface area (Å²) in [6, 6.07) is 194. The minimum atomic E-state index is 0.931. The van der Waals surface area contributed by atoms with Crippen LogP contribution in [-0.2, 0) is 0 Å². The van der Waals surface area contributed by atoms with E-state index in [9.17, 15) is 0 Å². The van der Waals surface area contributed by atoms with Crippen molar-refractivity contribution >= 4 is 160 Å². The molecule has 3 aliphatic rings. The van der Waals surface area contributed by atoms with Gasteiger partial charge in [0.15, 0.2) is 0 Å². The summed E-state index contributed by atoms with van der Waals surface area (Å²) in [6.45, 7) is 0. The summed E-state index contributed by atoms with van der Waals surface area (Å²) in [6.07, 6.45) is 0. The molecule has 0 fully saturated rings. The van der Waals surface area contributed by atoms with Crippen LogP contribution in [-0.4, -0.2) is 28.7 Å². The minimum Gasteiger partial charge on any atom is -0.309 e. The summed E-state index contributed by atoms with van der Waals surface area (Å²) >= 11 is 0. The van der Waals surface area contributed by atoms with Crippen molar-refractivity contribution in [3.8, 4) is 118 Å². The van der Waals surface area contributed by atoms with Crippen molar-refractivity contribution in [1.29, 1.82) is 0 Å². The van der Waals surface area contributed by atoms with Crippen molar-refractivity contribution in [1.82, 2.24) is 28.7 Å². The average molecular weight is 1890 g/mol. The molecule has 0 spiro atoms. The Kier molecular flexibility index (Phi) is 20.1. The molecule has 690 valence electrons. The number of fused-ring (bicyclic) bond motifs is 31. The Labute approximate surface area is 854 Å². The normalized spacial score (nSPS) is 12.1. The highest BCUT2D eigenvalue weighted by Gasteiger charge is 2.37. The van der Waals surface area contributed by atoms with Crippen molar-refractivity contribution < 1.29 is 0 Å². The molecule has 148 heavy (non-hydrogen) atoms. The maximum Gasteiger partial charge on any atom is 0.146 e. The molecule has 9 nitrogen and oxygen atoms in total. The zero-order valence-corrected chi connectivity index (χ0v) is 80.4. The fourth-order valence-electron chi connectivity index (χ4n) is 23.8. The lowest BCUT2D eigenvalue weighted by atomic mass is 9.97. The summed E-state index contributed by atoms with van der Waals surface area (Å²) in [5.74, 6) is 0.931. The first-order valence-electron chi connectivity index (χ1n) is 50.6. The summed E-state index contributed by atoms with van der Waals surface area (Å²) in [5, 5.41) is 16.7. The van der Waals surface area contributed by atoms with Crippen LogP contribution in [0, 0.1) is 0 Å². The van der Waals surface area contributed by atoms with Crippen LogP contribution >= 0.6 is 0 Å². The van der Waals surface area contributed by atoms with Gasteiger partial charge in [0.1, 0.15) is 5.82 Å². The van der Waals surface area contributed by atoms with Crippen LogP contribution < -0.4 is 14.7 Å². The maximum atomic E-state index is 5.41. The van der Waals surface area contributed by atoms with Gasteiger partial charge in [0.2, 0.25) is 0 Å². The monoisotopic (exact) mass is 1880 g/mol. The second-order valence-electron chi connectivity index (χ2n) is 38.3. The number of para-hydroxylation sites is 14. The van der Waals surface area contributed by atoms with Crippen LogP contribution in [0.25, 0.3) is 226 Å². The minimum absolute atomic E-state index is 0.931. The van der Waals surface area contributed by atoms with Crippen molar-refractivity contribution in [3.05, 3.63) is 540 Å². The van der Waals surface area contributed by atoms with Crippen LogP contribution in [0.5, 0.6) is 0 Å². The molecule has 28 aromatic rings. The number of hydrogen-bond acceptors (Lipinski definition) is 6. The zero-order chi connectivity index (χ0) is 97.4. The molecule has 0 radical (unpaired) electrons. The first-order chi connectivity index (χ1) is 73.5. The van der Waals surface area contributed by atoms with Crippen molar-refractivity contribution in [2.24, 2.45) is 0 Å². The number of aromatic nitrogens is 6. The van der Waals surface area contributed by atoms with Crippen LogP contribution in [0.3, 0.4) is 0 Å². The van der Waals surface area contributed by atoms with Gasteiger partial charge in [-0.3, -0.25) is 4.90 Å². The molecule has 6 aromatic heterocycles. The standard InChI is InChI=1S/C51H33N3.C45H29N3.C43H27N3/c1-2-19-37(20-3-1)54-47-30-12-8-26-43(47)49-42-25-7-11-29-46(42)53(48-31-13-9-27-44(48)51(49)54)38-21-15-17-35(33-38)34-16-14-18-36(32-34)50-41-24-5-4-22-39(41)40-23-6-10-28-45(40)52-50;1-2-16-31(17-3-1)48-41-27-12-8-23-37(41)43-36-22-7-11-26-40(36)47(42-28-13-9-24-38(42)45(43)48)32-18-14-15-30(29-32)44-35-21-5-4-19-33(35)34-20-6-10-25-39(34)46-44;1-2-14-29-27-30(26-25-28(29)13-1)45-38-22-10-6-18-34(38)41-35-19-7-11-23-39(35)46(40-24-12-8-20-36(40)42(41)45)43-33-17-4-3-15-31(33)32-16-5-9-21-37(32)44-43/h1-33H;1-29H;1-27H. The van der Waals surface area contributed by atoms with Gasteiger partial charge in [0, 0.05) is 138 Å². The number of benzene rings is 22. The van der Waals surface area contributed by atoms with Crippen LogP contribution in [0.2, 0.25) is 0 Å². The fraction of sp³-hybridized carbons (Fsp3) is 0. The van der Waals surface area contributed by atoms with E-state index in [2.05, 4.69) is 568 Å². The lowest BCUT2D eigenvalue weighted by molar-refractivity contribution is 1.13. The number of rotatable bonds is 9. The first-order valence-corrected chi connectivity index (χ1v) is 50.6. The lowest BCUT2D eigenvalue weighted by Gasteiger charge is -2.28. The zero-order valence-electron chi connectivity index (χ0n) is 80.4. The lowest BCUT2D eigenvalue weighted by Crippen LogP contribution is -2.13. The summed E-state index contributed by atoms with van der Waals surface area (Å²) in [4.78, 5) is 23.1. The number of anilines is 9. The Balaban J connectivity index is 0.000000105. The Bertz CT molecular complexity index is 10300. The quantitative estimate of drug-likeness (QED) is 0.134. The molecule has 0 N–H and O–H groups in total. The summed E-state index contributed by atoms with van der Waals surface area (Å²) in [7, 11) is 0. The third-order valence-electron chi connectivity index (χ3n) is 30.1. The number of nitrogens with zero attached hydrogens (tertiary/aromatic N) is 9. The van der Waals surface area contributed by atoms with Gasteiger partial charge >= 0.3 is 0 Å². The van der Waals surface area contributed by atoms with Crippen LogP contribution in [0.1, 0.15) is 0 Å². The van der Waals surface area contributed by atoms with Crippen molar-refractivity contribution in [2.75, 3.05) is 14.7 Å². The van der Waals surface area contributed by atoms with Crippen LogP contribution in [0.15, 0.2) is 540 Å². The third kappa shape index (κ3) is 13.7. The molecule has 31 rings (SSSR count). The van der Waals surface area contributed by atoms with E-state index in [1.54, 1.807) is 0 Å². The molecule has 0 unspecified atom stereocenters. The molecule has 0 saturated carbocycles. The van der Waals surface area contributed by atoms with E-state index >= 15 is 0 Å². The van der Waals surface area contributed by atoms with E-state index in [1.807, 2.05) is 0 Å². The molecule has 9 heterocycles. The largest absolute Gasteiger partial charge is 0.309 e. The molecule has 9 heteroatoms. The average Bonchev–Trinajstić information content (AvgIpc) is 1.56. The highest BCUT2D eigenvalue weighted by molar-refractivity contribution is 6.21. The summed E-state index contributed by atoms with van der Waals surface area (Å²) in [5.41, 5.74) is 39.9. The van der Waals surface area contributed by atoms with Crippen molar-refractivity contribution in [2.45, 2.75) is 0 Å². The Morgan fingerprint density at radius 1 is 0.149 bits per heavy atom. The molecule has 0 amide bonds. The van der Waals surface area contributed by atoms with E-state index in [4.69, 9.17) is 15.0 Å². The highest BCUT2D eigenvalue weighted by Crippen LogP contribution is 2.60. The molecule has 0 bridgehead atoms. The van der Waals surface area contributed by atoms with Gasteiger partial charge in [-0.05, 0) is 178 Å². The van der Waals surface area contributed by atoms with Crippen LogP contribution in [0.4, 0.5) is 51.3 Å². The third-order valence-corrected chi connectivity index (χ3v) is 30.1. The van der Waals surface area contributed by atoms with Gasteiger partial charge < -0.3 is 23.5 Å². The smallest absolute Gasteiger partial charge is 0.146 e. The Morgan fingerprint density at radius 3 is 0.878 bits per heavy atom. The molecular formula is C139H89N9. The molecule has 0 atom stereocenters. The van der Waals surface area contributed by atoms with Gasteiger partial charge in [-0.15, -0.1) is 0 Å². The predicted molar refractivity (Wildman–Crippen MR) is 619 cm³/mol. The highest BCUT2D eigenvalue weighted by atomic mass is 15.2. The van der Waals surface area contributed by atoms with E-state index in [0.717, 1.165) is 146 Å². The second-order valence-corrected chi connectivity index (χ2v) is 38.3. The van der Waals surface area contributed by atoms with Gasteiger partial charge in [-0.2, -0.15) is 0 Å². The first kappa shape index (κ1) is 85.0. The molecular weight excluding hydrogens is 1800 g/mol. The number of hydrogen-bond donors (Lipinski definition) is 0. The Hall–Kier alpha value is -19.9. The molecule has 0 saturated heterocycles. The molecule has 22 aromatic carbocycles. The fourth-order valence-corrected chi connectivity index (χ4v) is 23.8. The van der Waals surface area contributed by atoms with E-state index < -0.39 is 0 Å². The van der Waals surface area contributed by atoms with E-state index in [1.165, 1.54) is 132 Å². The maximum absolute atomic E-state index is 5.41. The summed E-state index contributed by atoms with van der Waals surface area (Å²) < 4.78 is 7.34. The van der Waals surface area contributed by atoms with E-state index in [-0.39, 0.29) is 0 Å². The predicted octanol–water partition coefficient (Wildman–Crippen LogP) is 37.5. The second kappa shape index (κ2) is 35.1. The van der Waals surface area contributed by atoms with Gasteiger partial charge in [-0.25, -0.2) is 15.0 Å². The molecule has 0 aliphatic carbocycles. The van der Waals surface area contributed by atoms with Crippen molar-refractivity contribution in [3.63, 3.8) is 0 Å². The molecule has 3 aliphatic heterocycles. The van der Waals surface area contributed by atoms with Gasteiger partial charge in [-0.1, -0.05) is 400 Å². The van der Waals surface area contributed by atoms with Gasteiger partial charge in [0.25, 0.3) is 0 Å². The SMILES string of the molecule is c1ccc(-n2c3c(c4ccccc42)-c2ccccc2N(c2cccc(-c4cccc(-c5nc6ccccc6c6ccccc56)c4)c2)c2ccccc2-3)cc1.c1ccc(-n2c3c(c4ccccc42)-c2ccccc2N(c2cccc(-c4nc5ccccc5c5ccccc45)c2)c2ccccc2-3)cc1.c1ccc2c(c1)-c1c(n(-c3ccc4ccccc4c3)c3ccccc13)-c1ccccc1N2c1nc2ccccc2c2ccccc12. The topological polar surface area (TPSA) is 63.2 Å². The van der Waals surface area contributed by atoms with E-state index in [0.29, 0.717) is 0 Å². The van der Waals surface area contributed by atoms with Gasteiger partial charge in [0.05, 0.1) is 95.7 Å².